The van der Waals surface area contributed by atoms with Gasteiger partial charge in [-0.15, -0.1) is 11.3 Å². The van der Waals surface area contributed by atoms with Gasteiger partial charge in [-0.25, -0.2) is 13.1 Å². The lowest BCUT2D eigenvalue weighted by molar-refractivity contribution is -0.114. The Kier molecular flexibility index (Phi) is 4.84. The highest BCUT2D eigenvalue weighted by Crippen LogP contribution is 2.30. The average Bonchev–Trinajstić information content (AvgIpc) is 2.59. The Labute approximate surface area is 110 Å². The summed E-state index contributed by atoms with van der Waals surface area (Å²) in [5.74, 6) is -0.252. The Morgan fingerprint density at radius 1 is 1.56 bits per heavy atom. The molecule has 98 valence electrons. The number of nitriles is 1. The van der Waals surface area contributed by atoms with Crippen LogP contribution in [0.1, 0.15) is 18.9 Å². The van der Waals surface area contributed by atoms with E-state index in [1.807, 2.05) is 6.07 Å². The molecule has 0 radical (unpaired) electrons. The summed E-state index contributed by atoms with van der Waals surface area (Å²) in [6.07, 6.45) is 0.113. The summed E-state index contributed by atoms with van der Waals surface area (Å²) < 4.78 is 26.3. The van der Waals surface area contributed by atoms with Crippen molar-refractivity contribution in [3.8, 4) is 6.07 Å². The molecule has 0 saturated heterocycles. The van der Waals surface area contributed by atoms with Crippen LogP contribution in [0.4, 0.5) is 5.00 Å². The fourth-order valence-corrected chi connectivity index (χ4v) is 3.99. The smallest absolute Gasteiger partial charge is 0.250 e. The molecular formula is C10H13N3O3S2. The maximum atomic E-state index is 11.9. The number of carbonyl (C=O) groups excluding carboxylic acids is 1. The third kappa shape index (κ3) is 3.80. The standard InChI is InChI=1S/C10H13N3O3S2/c1-7-6-9(13-8(2)14)17-10(7)18(15,16)12-5-3-4-11/h6,12H,3,5H2,1-2H3,(H,13,14). The van der Waals surface area contributed by atoms with Crippen LogP contribution in [0.3, 0.4) is 0 Å². The van der Waals surface area contributed by atoms with Crippen LogP contribution >= 0.6 is 11.3 Å². The van der Waals surface area contributed by atoms with Gasteiger partial charge in [0.25, 0.3) is 0 Å². The number of hydrogen-bond acceptors (Lipinski definition) is 5. The van der Waals surface area contributed by atoms with Crippen LogP contribution in [-0.2, 0) is 14.8 Å². The molecular weight excluding hydrogens is 274 g/mol. The maximum absolute atomic E-state index is 11.9. The van der Waals surface area contributed by atoms with Gasteiger partial charge in [-0.2, -0.15) is 5.26 Å². The number of rotatable bonds is 5. The van der Waals surface area contributed by atoms with E-state index in [2.05, 4.69) is 10.0 Å². The van der Waals surface area contributed by atoms with Crippen molar-refractivity contribution >= 4 is 32.3 Å². The molecule has 8 heteroatoms. The Morgan fingerprint density at radius 2 is 2.22 bits per heavy atom. The van der Waals surface area contributed by atoms with Crippen LogP contribution in [0.25, 0.3) is 0 Å². The van der Waals surface area contributed by atoms with Crippen LogP contribution < -0.4 is 10.0 Å². The quantitative estimate of drug-likeness (QED) is 0.795. The van der Waals surface area contributed by atoms with E-state index >= 15 is 0 Å². The van der Waals surface area contributed by atoms with Crippen molar-refractivity contribution in [2.45, 2.75) is 24.5 Å². The highest BCUT2D eigenvalue weighted by molar-refractivity contribution is 7.91. The van der Waals surface area contributed by atoms with Crippen molar-refractivity contribution in [3.63, 3.8) is 0 Å². The number of aryl methyl sites for hydroxylation is 1. The van der Waals surface area contributed by atoms with Gasteiger partial charge in [-0.3, -0.25) is 4.79 Å². The number of hydrogen-bond donors (Lipinski definition) is 2. The minimum absolute atomic E-state index is 0.0750. The van der Waals surface area contributed by atoms with E-state index in [9.17, 15) is 13.2 Å². The van der Waals surface area contributed by atoms with Crippen LogP contribution in [-0.4, -0.2) is 20.9 Å². The summed E-state index contributed by atoms with van der Waals surface area (Å²) in [4.78, 5) is 10.9. The van der Waals surface area contributed by atoms with Gasteiger partial charge >= 0.3 is 0 Å². The topological polar surface area (TPSA) is 99.1 Å². The van der Waals surface area contributed by atoms with E-state index in [0.29, 0.717) is 10.6 Å². The fourth-order valence-electron chi connectivity index (χ4n) is 1.27. The van der Waals surface area contributed by atoms with E-state index in [1.165, 1.54) is 6.92 Å². The Bertz CT molecular complexity index is 584. The van der Waals surface area contributed by atoms with E-state index < -0.39 is 10.0 Å². The fraction of sp³-hybridized carbons (Fsp3) is 0.400. The van der Waals surface area contributed by atoms with Crippen LogP contribution in [0.15, 0.2) is 10.3 Å². The predicted molar refractivity (Wildman–Crippen MR) is 68.8 cm³/mol. The largest absolute Gasteiger partial charge is 0.318 e. The third-order valence-electron chi connectivity index (χ3n) is 1.94. The first kappa shape index (κ1) is 14.6. The molecule has 1 aromatic rings. The number of nitrogens with zero attached hydrogens (tertiary/aromatic N) is 1. The highest BCUT2D eigenvalue weighted by Gasteiger charge is 2.20. The first-order valence-electron chi connectivity index (χ1n) is 5.11. The second-order valence-electron chi connectivity index (χ2n) is 3.57. The van der Waals surface area contributed by atoms with Gasteiger partial charge < -0.3 is 5.32 Å². The number of nitrogens with one attached hydrogen (secondary N) is 2. The molecule has 2 N–H and O–H groups in total. The minimum atomic E-state index is -3.61. The van der Waals surface area contributed by atoms with Crippen molar-refractivity contribution < 1.29 is 13.2 Å². The van der Waals surface area contributed by atoms with Crippen molar-refractivity contribution in [2.75, 3.05) is 11.9 Å². The van der Waals surface area contributed by atoms with Gasteiger partial charge in [0, 0.05) is 19.9 Å². The molecule has 0 aliphatic carbocycles. The summed E-state index contributed by atoms with van der Waals surface area (Å²) in [6, 6.07) is 3.46. The van der Waals surface area contributed by atoms with Crippen LogP contribution in [0.2, 0.25) is 0 Å². The maximum Gasteiger partial charge on any atom is 0.250 e. The minimum Gasteiger partial charge on any atom is -0.318 e. The van der Waals surface area contributed by atoms with E-state index in [4.69, 9.17) is 5.26 Å². The molecule has 0 aromatic carbocycles. The first-order chi connectivity index (χ1) is 8.36. The Balaban J connectivity index is 2.92. The SMILES string of the molecule is CC(=O)Nc1cc(C)c(S(=O)(=O)NCCC#N)s1. The van der Waals surface area contributed by atoms with Gasteiger partial charge in [-0.1, -0.05) is 0 Å². The molecule has 0 aliphatic heterocycles. The van der Waals surface area contributed by atoms with Gasteiger partial charge in [0.15, 0.2) is 0 Å². The van der Waals surface area contributed by atoms with E-state index in [-0.39, 0.29) is 23.1 Å². The molecule has 0 saturated carbocycles. The van der Waals surface area contributed by atoms with Crippen molar-refractivity contribution in [1.29, 1.82) is 5.26 Å². The van der Waals surface area contributed by atoms with Crippen molar-refractivity contribution in [2.24, 2.45) is 0 Å². The number of thiophene rings is 1. The molecule has 0 aliphatic rings. The molecule has 0 spiro atoms. The molecule has 1 amide bonds. The highest BCUT2D eigenvalue weighted by atomic mass is 32.2. The molecule has 0 fully saturated rings. The number of amides is 1. The third-order valence-corrected chi connectivity index (χ3v) is 5.19. The molecule has 1 heterocycles. The molecule has 0 bridgehead atoms. The zero-order chi connectivity index (χ0) is 13.8. The molecule has 18 heavy (non-hydrogen) atoms. The van der Waals surface area contributed by atoms with Gasteiger partial charge in [0.1, 0.15) is 4.21 Å². The van der Waals surface area contributed by atoms with Crippen molar-refractivity contribution in [3.05, 3.63) is 11.6 Å². The lowest BCUT2D eigenvalue weighted by Crippen LogP contribution is -2.24. The Hall–Kier alpha value is -1.43. The van der Waals surface area contributed by atoms with Gasteiger partial charge in [0.2, 0.25) is 15.9 Å². The molecule has 6 nitrogen and oxygen atoms in total. The number of carbonyl (C=O) groups is 1. The summed E-state index contributed by atoms with van der Waals surface area (Å²) in [5, 5.41) is 11.4. The monoisotopic (exact) mass is 287 g/mol. The van der Waals surface area contributed by atoms with E-state index in [1.54, 1.807) is 13.0 Å². The van der Waals surface area contributed by atoms with Gasteiger partial charge in [0.05, 0.1) is 11.1 Å². The van der Waals surface area contributed by atoms with Crippen LogP contribution in [0.5, 0.6) is 0 Å². The zero-order valence-corrected chi connectivity index (χ0v) is 11.6. The predicted octanol–water partition coefficient (Wildman–Crippen LogP) is 1.21. The number of sulfonamides is 1. The Morgan fingerprint density at radius 3 is 2.78 bits per heavy atom. The van der Waals surface area contributed by atoms with Crippen LogP contribution in [0, 0.1) is 18.3 Å². The molecule has 1 aromatic heterocycles. The number of anilines is 1. The normalized spacial score (nSPS) is 10.9. The second kappa shape index (κ2) is 5.95. The van der Waals surface area contributed by atoms with Crippen molar-refractivity contribution in [1.82, 2.24) is 4.72 Å². The molecule has 1 rings (SSSR count). The summed E-state index contributed by atoms with van der Waals surface area (Å²) in [5.41, 5.74) is 0.563. The molecule has 0 unspecified atom stereocenters. The molecule has 0 atom stereocenters. The lowest BCUT2D eigenvalue weighted by Gasteiger charge is -2.03. The summed E-state index contributed by atoms with van der Waals surface area (Å²) in [7, 11) is -3.61. The first-order valence-corrected chi connectivity index (χ1v) is 7.41. The lowest BCUT2D eigenvalue weighted by atomic mass is 10.4. The second-order valence-corrected chi connectivity index (χ2v) is 6.58. The average molecular weight is 287 g/mol. The van der Waals surface area contributed by atoms with E-state index in [0.717, 1.165) is 11.3 Å². The summed E-state index contributed by atoms with van der Waals surface area (Å²) >= 11 is 0.987. The zero-order valence-electron chi connectivity index (χ0n) is 9.98. The van der Waals surface area contributed by atoms with Gasteiger partial charge in [-0.05, 0) is 18.6 Å². The summed E-state index contributed by atoms with van der Waals surface area (Å²) in [6.45, 7) is 3.08.